The molecule has 0 atom stereocenters. The first-order valence-electron chi connectivity index (χ1n) is 2.46. The molecule has 2 heteroatoms. The molecule has 0 saturated carbocycles. The highest BCUT2D eigenvalue weighted by molar-refractivity contribution is 6.31. The monoisotopic (exact) mass is 152 g/mol. The van der Waals surface area contributed by atoms with Crippen molar-refractivity contribution >= 4 is 23.2 Å². The summed E-state index contributed by atoms with van der Waals surface area (Å²) in [6, 6.07) is 0. The van der Waals surface area contributed by atoms with Gasteiger partial charge >= 0.3 is 0 Å². The normalized spacial score (nSPS) is 14.4. The second kappa shape index (κ2) is 2.75. The maximum Gasteiger partial charge on any atom is 0.0583 e. The number of allylic oxidation sites excluding steroid dienone is 2. The van der Waals surface area contributed by atoms with Crippen molar-refractivity contribution in [1.29, 1.82) is 0 Å². The van der Waals surface area contributed by atoms with Crippen LogP contribution < -0.4 is 0 Å². The van der Waals surface area contributed by atoms with Crippen molar-refractivity contribution < 1.29 is 0 Å². The van der Waals surface area contributed by atoms with Crippen molar-refractivity contribution in [3.63, 3.8) is 0 Å². The first-order valence-corrected chi connectivity index (χ1v) is 3.21. The summed E-state index contributed by atoms with van der Waals surface area (Å²) in [5.74, 6) is 0. The van der Waals surface area contributed by atoms with Crippen LogP contribution in [0.1, 0.15) is 20.8 Å². The van der Waals surface area contributed by atoms with Crippen LogP contribution in [0, 0.1) is 0 Å². The summed E-state index contributed by atoms with van der Waals surface area (Å²) in [6.07, 6.45) is 1.80. The maximum absolute atomic E-state index is 5.77. The number of alkyl halides is 1. The van der Waals surface area contributed by atoms with E-state index in [1.807, 2.05) is 20.8 Å². The minimum absolute atomic E-state index is 0.300. The predicted molar refractivity (Wildman–Crippen MR) is 39.5 cm³/mol. The van der Waals surface area contributed by atoms with Crippen LogP contribution in [0.3, 0.4) is 0 Å². The Morgan fingerprint density at radius 1 is 1.50 bits per heavy atom. The second-order valence-corrected chi connectivity index (χ2v) is 3.87. The van der Waals surface area contributed by atoms with Gasteiger partial charge in [0.1, 0.15) is 0 Å². The quantitative estimate of drug-likeness (QED) is 0.507. The summed E-state index contributed by atoms with van der Waals surface area (Å²) in [4.78, 5) is -0.300. The molecule has 0 radical (unpaired) electrons. The summed E-state index contributed by atoms with van der Waals surface area (Å²) in [7, 11) is 0. The topological polar surface area (TPSA) is 0 Å². The van der Waals surface area contributed by atoms with Crippen LogP contribution in [0.5, 0.6) is 0 Å². The lowest BCUT2D eigenvalue weighted by atomic mass is 10.2. The van der Waals surface area contributed by atoms with Crippen LogP contribution in [0.2, 0.25) is 0 Å². The van der Waals surface area contributed by atoms with E-state index in [9.17, 15) is 0 Å². The molecule has 0 aromatic carbocycles. The molecule has 0 N–H and O–H groups in total. The highest BCUT2D eigenvalue weighted by Gasteiger charge is 2.07. The van der Waals surface area contributed by atoms with Crippen molar-refractivity contribution in [1.82, 2.24) is 0 Å². The maximum atomic E-state index is 5.77. The summed E-state index contributed by atoms with van der Waals surface area (Å²) in [5, 5.41) is 0.741. The number of rotatable bonds is 1. The third-order valence-electron chi connectivity index (χ3n) is 0.542. The molecule has 0 spiro atoms. The Hall–Kier alpha value is 0.320. The molecule has 48 valence electrons. The molecule has 0 rings (SSSR count). The molecule has 0 aromatic rings. The van der Waals surface area contributed by atoms with E-state index in [-0.39, 0.29) is 4.87 Å². The Balaban J connectivity index is 3.89. The largest absolute Gasteiger partial charge is 0.115 e. The molecular formula is C6H10Cl2. The minimum atomic E-state index is -0.300. The lowest BCUT2D eigenvalue weighted by Crippen LogP contribution is -2.04. The molecule has 0 aromatic heterocycles. The van der Waals surface area contributed by atoms with Gasteiger partial charge in [-0.2, -0.15) is 0 Å². The second-order valence-electron chi connectivity index (χ2n) is 2.30. The predicted octanol–water partition coefficient (Wildman–Crippen LogP) is 3.15. The van der Waals surface area contributed by atoms with Gasteiger partial charge in [0, 0.05) is 5.03 Å². The standard InChI is InChI=1S/C6H10Cl2/c1-5(7)4-6(2,3)8/h4H,1-3H3. The van der Waals surface area contributed by atoms with Crippen LogP contribution in [-0.4, -0.2) is 4.87 Å². The van der Waals surface area contributed by atoms with Gasteiger partial charge in [-0.05, 0) is 26.8 Å². The van der Waals surface area contributed by atoms with E-state index < -0.39 is 0 Å². The lowest BCUT2D eigenvalue weighted by Gasteiger charge is -2.07. The summed E-state index contributed by atoms with van der Waals surface area (Å²) in [6.45, 7) is 5.59. The van der Waals surface area contributed by atoms with E-state index in [0.717, 1.165) is 5.03 Å². The summed E-state index contributed by atoms with van der Waals surface area (Å²) in [5.41, 5.74) is 0. The Morgan fingerprint density at radius 2 is 1.88 bits per heavy atom. The van der Waals surface area contributed by atoms with E-state index in [2.05, 4.69) is 0 Å². The van der Waals surface area contributed by atoms with Crippen LogP contribution in [0.15, 0.2) is 11.1 Å². The number of hydrogen-bond donors (Lipinski definition) is 0. The molecular weight excluding hydrogens is 143 g/mol. The van der Waals surface area contributed by atoms with Crippen molar-refractivity contribution in [2.75, 3.05) is 0 Å². The fourth-order valence-electron chi connectivity index (χ4n) is 0.473. The number of halogens is 2. The van der Waals surface area contributed by atoms with Gasteiger partial charge in [-0.15, -0.1) is 11.6 Å². The van der Waals surface area contributed by atoms with Crippen molar-refractivity contribution in [2.24, 2.45) is 0 Å². The van der Waals surface area contributed by atoms with E-state index in [4.69, 9.17) is 23.2 Å². The first kappa shape index (κ1) is 8.32. The Bertz CT molecular complexity index is 93.6. The molecule has 0 nitrogen and oxygen atoms in total. The third kappa shape index (κ3) is 6.32. The SMILES string of the molecule is CC(Cl)=CC(C)(C)Cl. The minimum Gasteiger partial charge on any atom is -0.115 e. The fourth-order valence-corrected chi connectivity index (χ4v) is 0.965. The van der Waals surface area contributed by atoms with Crippen LogP contribution in [0.4, 0.5) is 0 Å². The Morgan fingerprint density at radius 3 is 1.88 bits per heavy atom. The van der Waals surface area contributed by atoms with Gasteiger partial charge < -0.3 is 0 Å². The molecule has 0 heterocycles. The molecule has 0 unspecified atom stereocenters. The first-order chi connectivity index (χ1) is 3.42. The van der Waals surface area contributed by atoms with Gasteiger partial charge in [0.2, 0.25) is 0 Å². The van der Waals surface area contributed by atoms with E-state index in [1.165, 1.54) is 0 Å². The molecule has 0 bridgehead atoms. The zero-order valence-corrected chi connectivity index (χ0v) is 6.85. The molecule has 0 aliphatic rings. The van der Waals surface area contributed by atoms with Crippen LogP contribution >= 0.6 is 23.2 Å². The zero-order valence-electron chi connectivity index (χ0n) is 5.33. The van der Waals surface area contributed by atoms with E-state index >= 15 is 0 Å². The molecule has 0 aliphatic heterocycles. The average Bonchev–Trinajstić information content (AvgIpc) is 1.21. The van der Waals surface area contributed by atoms with Gasteiger partial charge in [-0.1, -0.05) is 11.6 Å². The molecule has 0 aliphatic carbocycles. The van der Waals surface area contributed by atoms with Crippen LogP contribution in [0.25, 0.3) is 0 Å². The van der Waals surface area contributed by atoms with Crippen molar-refractivity contribution in [3.05, 3.63) is 11.1 Å². The average molecular weight is 153 g/mol. The smallest absolute Gasteiger partial charge is 0.0583 e. The van der Waals surface area contributed by atoms with Crippen LogP contribution in [-0.2, 0) is 0 Å². The number of hydrogen-bond acceptors (Lipinski definition) is 0. The Kier molecular flexibility index (Phi) is 2.86. The highest BCUT2D eigenvalue weighted by Crippen LogP contribution is 2.17. The van der Waals surface area contributed by atoms with Gasteiger partial charge in [0.15, 0.2) is 0 Å². The highest BCUT2D eigenvalue weighted by atomic mass is 35.5. The summed E-state index contributed by atoms with van der Waals surface area (Å²) >= 11 is 11.3. The zero-order chi connectivity index (χ0) is 6.78. The van der Waals surface area contributed by atoms with Crippen molar-refractivity contribution in [2.45, 2.75) is 25.6 Å². The van der Waals surface area contributed by atoms with Gasteiger partial charge in [-0.3, -0.25) is 0 Å². The molecule has 0 fully saturated rings. The van der Waals surface area contributed by atoms with Crippen molar-refractivity contribution in [3.8, 4) is 0 Å². The molecule has 0 saturated heterocycles. The summed E-state index contributed by atoms with van der Waals surface area (Å²) < 4.78 is 0. The van der Waals surface area contributed by atoms with E-state index in [1.54, 1.807) is 6.08 Å². The van der Waals surface area contributed by atoms with Gasteiger partial charge in [0.25, 0.3) is 0 Å². The molecule has 0 amide bonds. The molecule has 8 heavy (non-hydrogen) atoms. The lowest BCUT2D eigenvalue weighted by molar-refractivity contribution is 0.878. The van der Waals surface area contributed by atoms with E-state index in [0.29, 0.717) is 0 Å². The fraction of sp³-hybridized carbons (Fsp3) is 0.667. The Labute approximate surface area is 60.5 Å². The van der Waals surface area contributed by atoms with Gasteiger partial charge in [-0.25, -0.2) is 0 Å². The van der Waals surface area contributed by atoms with Gasteiger partial charge in [0.05, 0.1) is 4.87 Å². The third-order valence-corrected chi connectivity index (χ3v) is 0.760.